The summed E-state index contributed by atoms with van der Waals surface area (Å²) in [6, 6.07) is 8.10. The highest BCUT2D eigenvalue weighted by molar-refractivity contribution is 5.71. The molecule has 0 heterocycles. The van der Waals surface area contributed by atoms with Crippen LogP contribution in [0.5, 0.6) is 5.75 Å². The summed E-state index contributed by atoms with van der Waals surface area (Å²) in [6.45, 7) is 0. The van der Waals surface area contributed by atoms with Gasteiger partial charge in [-0.3, -0.25) is 0 Å². The molecule has 0 aliphatic rings. The van der Waals surface area contributed by atoms with Gasteiger partial charge in [-0.1, -0.05) is 6.07 Å². The molecule has 0 unspecified atom stereocenters. The zero-order chi connectivity index (χ0) is 12.4. The summed E-state index contributed by atoms with van der Waals surface area (Å²) < 4.78 is 31.6. The third-order valence-electron chi connectivity index (χ3n) is 2.47. The van der Waals surface area contributed by atoms with Crippen molar-refractivity contribution in [1.82, 2.24) is 0 Å². The van der Waals surface area contributed by atoms with Gasteiger partial charge in [-0.15, -0.1) is 0 Å². The first-order chi connectivity index (χ1) is 8.11. The van der Waals surface area contributed by atoms with Crippen LogP contribution in [0.4, 0.5) is 14.5 Å². The van der Waals surface area contributed by atoms with Gasteiger partial charge in [-0.25, -0.2) is 8.78 Å². The molecule has 2 aromatic carbocycles. The van der Waals surface area contributed by atoms with Crippen LogP contribution >= 0.6 is 0 Å². The molecule has 2 N–H and O–H groups in total. The van der Waals surface area contributed by atoms with Gasteiger partial charge < -0.3 is 10.5 Å². The summed E-state index contributed by atoms with van der Waals surface area (Å²) in [5.41, 5.74) is 6.79. The van der Waals surface area contributed by atoms with Crippen LogP contribution in [0.15, 0.2) is 36.4 Å². The molecule has 2 nitrogen and oxygen atoms in total. The van der Waals surface area contributed by atoms with E-state index in [1.54, 1.807) is 18.2 Å². The molecule has 17 heavy (non-hydrogen) atoms. The SMILES string of the molecule is COc1ccc(-c2cc(F)ccc2F)cc1N. The molecule has 0 aliphatic carbocycles. The molecular formula is C13H11F2NO. The lowest BCUT2D eigenvalue weighted by molar-refractivity contribution is 0.417. The Labute approximate surface area is 97.6 Å². The standard InChI is InChI=1S/C13H11F2NO/c1-17-13-5-2-8(6-12(13)16)10-7-9(14)3-4-11(10)15/h2-7H,16H2,1H3. The highest BCUT2D eigenvalue weighted by atomic mass is 19.1. The number of nitrogen functional groups attached to an aromatic ring is 1. The van der Waals surface area contributed by atoms with Crippen molar-refractivity contribution in [2.45, 2.75) is 0 Å². The van der Waals surface area contributed by atoms with Gasteiger partial charge in [-0.05, 0) is 35.9 Å². The van der Waals surface area contributed by atoms with E-state index >= 15 is 0 Å². The molecule has 0 saturated heterocycles. The lowest BCUT2D eigenvalue weighted by atomic mass is 10.0. The van der Waals surface area contributed by atoms with Crippen molar-refractivity contribution in [2.24, 2.45) is 0 Å². The van der Waals surface area contributed by atoms with Crippen LogP contribution in [-0.4, -0.2) is 7.11 Å². The Hall–Kier alpha value is -2.10. The van der Waals surface area contributed by atoms with Crippen LogP contribution < -0.4 is 10.5 Å². The third-order valence-corrected chi connectivity index (χ3v) is 2.47. The van der Waals surface area contributed by atoms with E-state index in [1.165, 1.54) is 7.11 Å². The van der Waals surface area contributed by atoms with E-state index in [2.05, 4.69) is 0 Å². The van der Waals surface area contributed by atoms with Crippen LogP contribution in [0.1, 0.15) is 0 Å². The number of methoxy groups -OCH3 is 1. The molecule has 0 aliphatic heterocycles. The molecule has 4 heteroatoms. The summed E-state index contributed by atoms with van der Waals surface area (Å²) in [5, 5.41) is 0. The van der Waals surface area contributed by atoms with Gasteiger partial charge in [0.25, 0.3) is 0 Å². The molecule has 0 spiro atoms. The van der Waals surface area contributed by atoms with Crippen LogP contribution in [0.3, 0.4) is 0 Å². The fourth-order valence-corrected chi connectivity index (χ4v) is 1.62. The minimum absolute atomic E-state index is 0.180. The number of hydrogen-bond acceptors (Lipinski definition) is 2. The van der Waals surface area contributed by atoms with Crippen molar-refractivity contribution in [3.05, 3.63) is 48.0 Å². The fraction of sp³-hybridized carbons (Fsp3) is 0.0769. The Balaban J connectivity index is 2.53. The van der Waals surface area contributed by atoms with E-state index in [0.29, 0.717) is 17.0 Å². The summed E-state index contributed by atoms with van der Waals surface area (Å²) in [6.07, 6.45) is 0. The topological polar surface area (TPSA) is 35.2 Å². The Bertz CT molecular complexity index is 555. The third kappa shape index (κ3) is 2.20. The number of benzene rings is 2. The first-order valence-electron chi connectivity index (χ1n) is 5.01. The zero-order valence-corrected chi connectivity index (χ0v) is 9.21. The van der Waals surface area contributed by atoms with Gasteiger partial charge in [0.1, 0.15) is 17.4 Å². The highest BCUT2D eigenvalue weighted by Crippen LogP contribution is 2.30. The molecule has 0 aromatic heterocycles. The van der Waals surface area contributed by atoms with Crippen molar-refractivity contribution in [1.29, 1.82) is 0 Å². The molecule has 0 radical (unpaired) electrons. The van der Waals surface area contributed by atoms with Crippen molar-refractivity contribution in [3.63, 3.8) is 0 Å². The average Bonchev–Trinajstić information content (AvgIpc) is 2.32. The fourth-order valence-electron chi connectivity index (χ4n) is 1.62. The number of halogens is 2. The molecule has 88 valence electrons. The van der Waals surface area contributed by atoms with E-state index in [1.807, 2.05) is 0 Å². The quantitative estimate of drug-likeness (QED) is 0.811. The summed E-state index contributed by atoms with van der Waals surface area (Å²) in [5.74, 6) is -0.475. The lowest BCUT2D eigenvalue weighted by Gasteiger charge is -2.08. The monoisotopic (exact) mass is 235 g/mol. The number of nitrogens with two attached hydrogens (primary N) is 1. The molecule has 0 bridgehead atoms. The molecule has 2 aromatic rings. The van der Waals surface area contributed by atoms with Gasteiger partial charge in [0.15, 0.2) is 0 Å². The molecule has 0 amide bonds. The van der Waals surface area contributed by atoms with Crippen LogP contribution in [0, 0.1) is 11.6 Å². The Kier molecular flexibility index (Phi) is 2.95. The summed E-state index contributed by atoms with van der Waals surface area (Å²) >= 11 is 0. The smallest absolute Gasteiger partial charge is 0.141 e. The van der Waals surface area contributed by atoms with Crippen LogP contribution in [0.25, 0.3) is 11.1 Å². The van der Waals surface area contributed by atoms with Gasteiger partial charge in [0.2, 0.25) is 0 Å². The molecular weight excluding hydrogens is 224 g/mol. The summed E-state index contributed by atoms with van der Waals surface area (Å²) in [7, 11) is 1.49. The highest BCUT2D eigenvalue weighted by Gasteiger charge is 2.08. The second-order valence-electron chi connectivity index (χ2n) is 3.58. The maximum Gasteiger partial charge on any atom is 0.141 e. The number of ether oxygens (including phenoxy) is 1. The first kappa shape index (κ1) is 11.4. The molecule has 0 fully saturated rings. The van der Waals surface area contributed by atoms with Crippen molar-refractivity contribution in [3.8, 4) is 16.9 Å². The van der Waals surface area contributed by atoms with Crippen LogP contribution in [-0.2, 0) is 0 Å². The predicted octanol–water partition coefficient (Wildman–Crippen LogP) is 3.22. The molecule has 0 atom stereocenters. The maximum absolute atomic E-state index is 13.5. The second kappa shape index (κ2) is 4.41. The number of hydrogen-bond donors (Lipinski definition) is 1. The van der Waals surface area contributed by atoms with E-state index < -0.39 is 11.6 Å². The zero-order valence-electron chi connectivity index (χ0n) is 9.21. The second-order valence-corrected chi connectivity index (χ2v) is 3.58. The Morgan fingerprint density at radius 2 is 1.82 bits per heavy atom. The van der Waals surface area contributed by atoms with E-state index in [0.717, 1.165) is 18.2 Å². The van der Waals surface area contributed by atoms with E-state index in [-0.39, 0.29) is 5.56 Å². The van der Waals surface area contributed by atoms with Crippen molar-refractivity contribution in [2.75, 3.05) is 12.8 Å². The normalized spacial score (nSPS) is 10.3. The molecule has 2 rings (SSSR count). The minimum atomic E-state index is -0.490. The number of anilines is 1. The predicted molar refractivity (Wildman–Crippen MR) is 62.8 cm³/mol. The minimum Gasteiger partial charge on any atom is -0.495 e. The lowest BCUT2D eigenvalue weighted by Crippen LogP contribution is -1.93. The first-order valence-corrected chi connectivity index (χ1v) is 5.01. The van der Waals surface area contributed by atoms with Gasteiger partial charge in [0.05, 0.1) is 12.8 Å². The van der Waals surface area contributed by atoms with E-state index in [9.17, 15) is 8.78 Å². The number of rotatable bonds is 2. The van der Waals surface area contributed by atoms with Gasteiger partial charge in [-0.2, -0.15) is 0 Å². The summed E-state index contributed by atoms with van der Waals surface area (Å²) in [4.78, 5) is 0. The van der Waals surface area contributed by atoms with E-state index in [4.69, 9.17) is 10.5 Å². The maximum atomic E-state index is 13.5. The van der Waals surface area contributed by atoms with Gasteiger partial charge >= 0.3 is 0 Å². The Morgan fingerprint density at radius 1 is 1.06 bits per heavy atom. The van der Waals surface area contributed by atoms with Crippen molar-refractivity contribution >= 4 is 5.69 Å². The Morgan fingerprint density at radius 3 is 2.47 bits per heavy atom. The van der Waals surface area contributed by atoms with Crippen molar-refractivity contribution < 1.29 is 13.5 Å². The van der Waals surface area contributed by atoms with Gasteiger partial charge in [0, 0.05) is 5.56 Å². The van der Waals surface area contributed by atoms with Crippen LogP contribution in [0.2, 0.25) is 0 Å². The largest absolute Gasteiger partial charge is 0.495 e. The molecule has 0 saturated carbocycles. The average molecular weight is 235 g/mol.